The van der Waals surface area contributed by atoms with E-state index < -0.39 is 6.16 Å². The summed E-state index contributed by atoms with van der Waals surface area (Å²) in [7, 11) is 0. The molecule has 1 aliphatic heterocycles. The molecule has 2 aromatic heterocycles. The molecule has 0 saturated carbocycles. The Morgan fingerprint density at radius 3 is 2.77 bits per heavy atom. The summed E-state index contributed by atoms with van der Waals surface area (Å²) in [5.41, 5.74) is 8.52. The SMILES string of the molecule is Nc1ncnc2c1c(-c1ccc(O)cc1)cn2C1CCN(OC(=O)O)C1. The maximum Gasteiger partial charge on any atom is 0.525 e. The molecular formula is C17H17N5O4. The number of rotatable bonds is 3. The third-order valence-electron chi connectivity index (χ3n) is 4.54. The van der Waals surface area contributed by atoms with Gasteiger partial charge in [-0.15, -0.1) is 5.06 Å². The molecule has 1 aromatic carbocycles. The van der Waals surface area contributed by atoms with E-state index in [4.69, 9.17) is 15.7 Å². The molecule has 1 atom stereocenters. The van der Waals surface area contributed by atoms with Crippen molar-refractivity contribution in [3.05, 3.63) is 36.8 Å². The number of nitrogen functional groups attached to an aromatic ring is 1. The molecule has 0 amide bonds. The second kappa shape index (κ2) is 6.19. The van der Waals surface area contributed by atoms with Gasteiger partial charge in [-0.1, -0.05) is 12.1 Å². The molecule has 134 valence electrons. The number of benzene rings is 1. The molecule has 4 N–H and O–H groups in total. The van der Waals surface area contributed by atoms with Gasteiger partial charge >= 0.3 is 6.16 Å². The van der Waals surface area contributed by atoms with Crippen LogP contribution in [-0.2, 0) is 4.84 Å². The summed E-state index contributed by atoms with van der Waals surface area (Å²) >= 11 is 0. The van der Waals surface area contributed by atoms with Gasteiger partial charge in [0.1, 0.15) is 23.5 Å². The van der Waals surface area contributed by atoms with Gasteiger partial charge in [0, 0.05) is 18.3 Å². The fourth-order valence-electron chi connectivity index (χ4n) is 3.38. The minimum absolute atomic E-state index is 0.00276. The number of aromatic nitrogens is 3. The van der Waals surface area contributed by atoms with Crippen LogP contribution >= 0.6 is 0 Å². The van der Waals surface area contributed by atoms with Gasteiger partial charge in [-0.2, -0.15) is 0 Å². The van der Waals surface area contributed by atoms with Crippen LogP contribution < -0.4 is 5.73 Å². The molecule has 26 heavy (non-hydrogen) atoms. The zero-order valence-electron chi connectivity index (χ0n) is 13.7. The van der Waals surface area contributed by atoms with Crippen LogP contribution in [-0.4, -0.2) is 49.1 Å². The molecule has 4 rings (SSSR count). The second-order valence-electron chi connectivity index (χ2n) is 6.14. The lowest BCUT2D eigenvalue weighted by Crippen LogP contribution is -2.24. The normalized spacial score (nSPS) is 17.6. The van der Waals surface area contributed by atoms with E-state index in [9.17, 15) is 9.90 Å². The van der Waals surface area contributed by atoms with Gasteiger partial charge in [-0.25, -0.2) is 14.8 Å². The molecule has 0 aliphatic carbocycles. The molecule has 0 bridgehead atoms. The average Bonchev–Trinajstić information content (AvgIpc) is 3.20. The Bertz CT molecular complexity index is 969. The van der Waals surface area contributed by atoms with Crippen LogP contribution in [0.3, 0.4) is 0 Å². The van der Waals surface area contributed by atoms with E-state index in [0.717, 1.165) is 22.9 Å². The number of fused-ring (bicyclic) bond motifs is 1. The molecule has 0 radical (unpaired) electrons. The first kappa shape index (κ1) is 16.2. The highest BCUT2D eigenvalue weighted by atomic mass is 16.8. The van der Waals surface area contributed by atoms with Crippen molar-refractivity contribution >= 4 is 23.0 Å². The number of phenolic OH excluding ortho intramolecular Hbond substituents is 1. The molecule has 0 spiro atoms. The maximum atomic E-state index is 10.7. The Morgan fingerprint density at radius 1 is 1.27 bits per heavy atom. The molecule has 1 fully saturated rings. The summed E-state index contributed by atoms with van der Waals surface area (Å²) in [6.07, 6.45) is 2.75. The van der Waals surface area contributed by atoms with E-state index in [2.05, 4.69) is 9.97 Å². The second-order valence-corrected chi connectivity index (χ2v) is 6.14. The number of nitrogens with zero attached hydrogens (tertiary/aromatic N) is 4. The predicted molar refractivity (Wildman–Crippen MR) is 93.4 cm³/mol. The molecule has 9 heteroatoms. The average molecular weight is 355 g/mol. The van der Waals surface area contributed by atoms with E-state index in [1.54, 1.807) is 24.3 Å². The van der Waals surface area contributed by atoms with E-state index in [-0.39, 0.29) is 11.8 Å². The summed E-state index contributed by atoms with van der Waals surface area (Å²) in [6.45, 7) is 0.931. The lowest BCUT2D eigenvalue weighted by Gasteiger charge is -2.14. The van der Waals surface area contributed by atoms with Gasteiger partial charge in [0.25, 0.3) is 0 Å². The predicted octanol–water partition coefficient (Wildman–Crippen LogP) is 2.24. The van der Waals surface area contributed by atoms with E-state index in [1.165, 1.54) is 11.4 Å². The first-order chi connectivity index (χ1) is 12.5. The van der Waals surface area contributed by atoms with Crippen molar-refractivity contribution < 1.29 is 19.8 Å². The van der Waals surface area contributed by atoms with Crippen LogP contribution in [0, 0.1) is 0 Å². The van der Waals surface area contributed by atoms with Gasteiger partial charge in [0.05, 0.1) is 18.0 Å². The number of phenols is 1. The molecule has 1 unspecified atom stereocenters. The number of carbonyl (C=O) groups is 1. The van der Waals surface area contributed by atoms with Crippen molar-refractivity contribution in [2.24, 2.45) is 0 Å². The summed E-state index contributed by atoms with van der Waals surface area (Å²) in [5, 5.41) is 20.5. The Labute approximate surface area is 148 Å². The lowest BCUT2D eigenvalue weighted by molar-refractivity contribution is -0.104. The number of hydrogen-bond acceptors (Lipinski definition) is 7. The minimum Gasteiger partial charge on any atom is -0.508 e. The van der Waals surface area contributed by atoms with E-state index >= 15 is 0 Å². The zero-order chi connectivity index (χ0) is 18.3. The Morgan fingerprint density at radius 2 is 2.04 bits per heavy atom. The molecule has 9 nitrogen and oxygen atoms in total. The molecule has 3 heterocycles. The van der Waals surface area contributed by atoms with Crippen molar-refractivity contribution in [1.82, 2.24) is 19.6 Å². The highest BCUT2D eigenvalue weighted by molar-refractivity contribution is 6.00. The number of anilines is 1. The number of hydrogen-bond donors (Lipinski definition) is 3. The van der Waals surface area contributed by atoms with Crippen LogP contribution in [0.5, 0.6) is 5.75 Å². The van der Waals surface area contributed by atoms with Gasteiger partial charge in [0.15, 0.2) is 0 Å². The van der Waals surface area contributed by atoms with Crippen LogP contribution in [0.1, 0.15) is 12.5 Å². The van der Waals surface area contributed by atoms with Gasteiger partial charge < -0.3 is 25.4 Å². The van der Waals surface area contributed by atoms with Crippen molar-refractivity contribution in [3.63, 3.8) is 0 Å². The van der Waals surface area contributed by atoms with Crippen molar-refractivity contribution in [3.8, 4) is 16.9 Å². The van der Waals surface area contributed by atoms with Crippen LogP contribution in [0.25, 0.3) is 22.2 Å². The number of nitrogens with two attached hydrogens (primary N) is 1. The number of aromatic hydroxyl groups is 1. The number of hydroxylamine groups is 2. The summed E-state index contributed by atoms with van der Waals surface area (Å²) in [6, 6.07) is 6.81. The fourth-order valence-corrected chi connectivity index (χ4v) is 3.38. The van der Waals surface area contributed by atoms with E-state index in [0.29, 0.717) is 24.6 Å². The maximum absolute atomic E-state index is 10.7. The van der Waals surface area contributed by atoms with Crippen molar-refractivity contribution in [2.75, 3.05) is 18.8 Å². The van der Waals surface area contributed by atoms with Crippen LogP contribution in [0.4, 0.5) is 10.6 Å². The highest BCUT2D eigenvalue weighted by Crippen LogP contribution is 2.36. The number of carboxylic acid groups (broad SMARTS) is 1. The molecule has 1 saturated heterocycles. The quantitative estimate of drug-likeness (QED) is 0.653. The van der Waals surface area contributed by atoms with Gasteiger partial charge in [0.2, 0.25) is 0 Å². The zero-order valence-corrected chi connectivity index (χ0v) is 13.7. The monoisotopic (exact) mass is 355 g/mol. The lowest BCUT2D eigenvalue weighted by atomic mass is 10.1. The fraction of sp³-hybridized carbons (Fsp3) is 0.235. The third kappa shape index (κ3) is 2.78. The van der Waals surface area contributed by atoms with Gasteiger partial charge in [-0.3, -0.25) is 0 Å². The van der Waals surface area contributed by atoms with Crippen LogP contribution in [0.15, 0.2) is 36.8 Å². The smallest absolute Gasteiger partial charge is 0.508 e. The summed E-state index contributed by atoms with van der Waals surface area (Å²) in [5.74, 6) is 0.549. The Kier molecular flexibility index (Phi) is 3.85. The Balaban J connectivity index is 1.78. The topological polar surface area (TPSA) is 127 Å². The van der Waals surface area contributed by atoms with Gasteiger partial charge in [-0.05, 0) is 24.1 Å². The van der Waals surface area contributed by atoms with Crippen LogP contribution in [0.2, 0.25) is 0 Å². The van der Waals surface area contributed by atoms with Crippen molar-refractivity contribution in [2.45, 2.75) is 12.5 Å². The third-order valence-corrected chi connectivity index (χ3v) is 4.54. The standard InChI is InChI=1S/C17H17N5O4/c18-15-14-13(10-1-3-12(23)4-2-10)8-22(16(14)20-9-19-15)11-5-6-21(7-11)26-17(24)25/h1-4,8-9,11,23H,5-7H2,(H,24,25)(H2,18,19,20). The first-order valence-corrected chi connectivity index (χ1v) is 8.09. The molecular weight excluding hydrogens is 338 g/mol. The molecule has 1 aliphatic rings. The first-order valence-electron chi connectivity index (χ1n) is 8.09. The Hall–Kier alpha value is -3.33. The van der Waals surface area contributed by atoms with E-state index in [1.807, 2.05) is 10.8 Å². The minimum atomic E-state index is -1.32. The largest absolute Gasteiger partial charge is 0.525 e. The summed E-state index contributed by atoms with van der Waals surface area (Å²) in [4.78, 5) is 24.0. The molecule has 3 aromatic rings. The highest BCUT2D eigenvalue weighted by Gasteiger charge is 2.29. The summed E-state index contributed by atoms with van der Waals surface area (Å²) < 4.78 is 1.99. The van der Waals surface area contributed by atoms with Crippen molar-refractivity contribution in [1.29, 1.82) is 0 Å².